The lowest BCUT2D eigenvalue weighted by atomic mass is 10.1. The maximum Gasteiger partial charge on any atom is 0.0669 e. The van der Waals surface area contributed by atoms with Crippen LogP contribution in [0.4, 0.5) is 0 Å². The fourth-order valence-corrected chi connectivity index (χ4v) is 1.29. The largest absolute Gasteiger partial charge is 0.305 e. The molecule has 0 bridgehead atoms. The third-order valence-electron chi connectivity index (χ3n) is 1.77. The summed E-state index contributed by atoms with van der Waals surface area (Å²) in [4.78, 5) is 2.12. The Morgan fingerprint density at radius 3 is 2.62 bits per heavy atom. The minimum Gasteiger partial charge on any atom is -0.305 e. The van der Waals surface area contributed by atoms with E-state index < -0.39 is 0 Å². The lowest BCUT2D eigenvalue weighted by Crippen LogP contribution is -2.10. The molecule has 0 heterocycles. The lowest BCUT2D eigenvalue weighted by molar-refractivity contribution is 0.402. The highest BCUT2D eigenvalue weighted by atomic mass is 15.0. The zero-order valence-electron chi connectivity index (χ0n) is 8.12. The molecule has 0 aliphatic heterocycles. The summed E-state index contributed by atoms with van der Waals surface area (Å²) in [5.41, 5.74) is 2.36. The summed E-state index contributed by atoms with van der Waals surface area (Å²) in [6, 6.07) is 10.3. The van der Waals surface area contributed by atoms with Crippen molar-refractivity contribution in [2.45, 2.75) is 13.0 Å². The molecule has 13 heavy (non-hydrogen) atoms. The Morgan fingerprint density at radius 1 is 1.31 bits per heavy atom. The molecule has 1 rings (SSSR count). The van der Waals surface area contributed by atoms with E-state index >= 15 is 0 Å². The van der Waals surface area contributed by atoms with Gasteiger partial charge in [0, 0.05) is 6.54 Å². The van der Waals surface area contributed by atoms with Crippen molar-refractivity contribution in [3.8, 4) is 6.07 Å². The van der Waals surface area contributed by atoms with E-state index in [9.17, 15) is 0 Å². The van der Waals surface area contributed by atoms with Crippen LogP contribution in [0.3, 0.4) is 0 Å². The van der Waals surface area contributed by atoms with E-state index in [-0.39, 0.29) is 0 Å². The second kappa shape index (κ2) is 4.64. The molecule has 0 radical (unpaired) electrons. The van der Waals surface area contributed by atoms with Gasteiger partial charge in [0.1, 0.15) is 0 Å². The minimum atomic E-state index is 0.501. The van der Waals surface area contributed by atoms with Crippen molar-refractivity contribution in [1.82, 2.24) is 4.90 Å². The highest BCUT2D eigenvalue weighted by Gasteiger charge is 1.96. The summed E-state index contributed by atoms with van der Waals surface area (Å²) < 4.78 is 0. The topological polar surface area (TPSA) is 27.0 Å². The summed E-state index contributed by atoms with van der Waals surface area (Å²) in [7, 11) is 4.08. The van der Waals surface area contributed by atoms with Crippen LogP contribution in [0.25, 0.3) is 0 Å². The predicted molar refractivity (Wildman–Crippen MR) is 53.2 cm³/mol. The van der Waals surface area contributed by atoms with Gasteiger partial charge in [0.15, 0.2) is 0 Å². The molecular formula is C11H14N2. The first-order valence-electron chi connectivity index (χ1n) is 4.32. The van der Waals surface area contributed by atoms with Gasteiger partial charge in [0.2, 0.25) is 0 Å². The average molecular weight is 174 g/mol. The monoisotopic (exact) mass is 174 g/mol. The van der Waals surface area contributed by atoms with Crippen LogP contribution in [0, 0.1) is 11.3 Å². The molecule has 0 atom stereocenters. The third kappa shape index (κ3) is 3.27. The van der Waals surface area contributed by atoms with Crippen LogP contribution in [0.5, 0.6) is 0 Å². The molecule has 0 fully saturated rings. The summed E-state index contributed by atoms with van der Waals surface area (Å²) in [6.07, 6.45) is 0.501. The number of hydrogen-bond donors (Lipinski definition) is 0. The van der Waals surface area contributed by atoms with Crippen molar-refractivity contribution < 1.29 is 0 Å². The van der Waals surface area contributed by atoms with E-state index in [1.54, 1.807) is 0 Å². The number of rotatable bonds is 3. The molecule has 0 aliphatic carbocycles. The molecular weight excluding hydrogens is 160 g/mol. The van der Waals surface area contributed by atoms with Crippen molar-refractivity contribution in [1.29, 1.82) is 5.26 Å². The van der Waals surface area contributed by atoms with E-state index in [2.05, 4.69) is 23.1 Å². The average Bonchev–Trinajstić information content (AvgIpc) is 2.04. The van der Waals surface area contributed by atoms with Gasteiger partial charge in [-0.3, -0.25) is 0 Å². The van der Waals surface area contributed by atoms with Crippen molar-refractivity contribution in [3.63, 3.8) is 0 Å². The van der Waals surface area contributed by atoms with Gasteiger partial charge in [0.05, 0.1) is 12.5 Å². The minimum absolute atomic E-state index is 0.501. The molecule has 0 saturated heterocycles. The van der Waals surface area contributed by atoms with Crippen LogP contribution in [-0.4, -0.2) is 19.0 Å². The Labute approximate surface area is 79.4 Å². The Morgan fingerprint density at radius 2 is 2.00 bits per heavy atom. The van der Waals surface area contributed by atoms with Crippen molar-refractivity contribution in [3.05, 3.63) is 35.4 Å². The molecule has 0 aliphatic rings. The van der Waals surface area contributed by atoms with E-state index in [0.717, 1.165) is 12.1 Å². The van der Waals surface area contributed by atoms with Crippen LogP contribution >= 0.6 is 0 Å². The van der Waals surface area contributed by atoms with Gasteiger partial charge in [-0.15, -0.1) is 0 Å². The smallest absolute Gasteiger partial charge is 0.0669 e. The first-order chi connectivity index (χ1) is 6.22. The maximum absolute atomic E-state index is 8.53. The Balaban J connectivity index is 2.74. The lowest BCUT2D eigenvalue weighted by Gasteiger charge is -2.09. The van der Waals surface area contributed by atoms with Gasteiger partial charge < -0.3 is 4.90 Å². The Hall–Kier alpha value is -1.33. The summed E-state index contributed by atoms with van der Waals surface area (Å²) in [5.74, 6) is 0. The molecule has 68 valence electrons. The number of benzene rings is 1. The Bertz CT molecular complexity index is 310. The zero-order valence-corrected chi connectivity index (χ0v) is 8.12. The summed E-state index contributed by atoms with van der Waals surface area (Å²) >= 11 is 0. The normalized spacial score (nSPS) is 10.0. The van der Waals surface area contributed by atoms with Crippen LogP contribution in [0.15, 0.2) is 24.3 Å². The van der Waals surface area contributed by atoms with Gasteiger partial charge in [-0.1, -0.05) is 24.3 Å². The van der Waals surface area contributed by atoms with Crippen LogP contribution < -0.4 is 0 Å². The predicted octanol–water partition coefficient (Wildman–Crippen LogP) is 1.81. The number of hydrogen-bond acceptors (Lipinski definition) is 2. The van der Waals surface area contributed by atoms with Gasteiger partial charge in [-0.25, -0.2) is 0 Å². The van der Waals surface area contributed by atoms with Crippen LogP contribution in [0.2, 0.25) is 0 Å². The molecule has 0 spiro atoms. The van der Waals surface area contributed by atoms with E-state index in [0.29, 0.717) is 6.42 Å². The van der Waals surface area contributed by atoms with E-state index in [1.807, 2.05) is 26.2 Å². The molecule has 0 N–H and O–H groups in total. The van der Waals surface area contributed by atoms with Crippen LogP contribution in [-0.2, 0) is 13.0 Å². The number of nitrogens with zero attached hydrogens (tertiary/aromatic N) is 2. The SMILES string of the molecule is CN(C)Cc1cccc(CC#N)c1. The fourth-order valence-electron chi connectivity index (χ4n) is 1.29. The van der Waals surface area contributed by atoms with Crippen LogP contribution in [0.1, 0.15) is 11.1 Å². The van der Waals surface area contributed by atoms with Gasteiger partial charge >= 0.3 is 0 Å². The van der Waals surface area contributed by atoms with E-state index in [1.165, 1.54) is 5.56 Å². The molecule has 2 heteroatoms. The summed E-state index contributed by atoms with van der Waals surface area (Å²) in [5, 5.41) is 8.53. The van der Waals surface area contributed by atoms with Gasteiger partial charge in [-0.2, -0.15) is 5.26 Å². The second-order valence-corrected chi connectivity index (χ2v) is 3.39. The second-order valence-electron chi connectivity index (χ2n) is 3.39. The fraction of sp³-hybridized carbons (Fsp3) is 0.364. The van der Waals surface area contributed by atoms with Crippen molar-refractivity contribution in [2.75, 3.05) is 14.1 Å². The first kappa shape index (κ1) is 9.76. The standard InChI is InChI=1S/C11H14N2/c1-13(2)9-11-5-3-4-10(8-11)6-7-12/h3-5,8H,6,9H2,1-2H3. The Kier molecular flexibility index (Phi) is 3.48. The van der Waals surface area contributed by atoms with Gasteiger partial charge in [0.25, 0.3) is 0 Å². The van der Waals surface area contributed by atoms with Crippen molar-refractivity contribution >= 4 is 0 Å². The third-order valence-corrected chi connectivity index (χ3v) is 1.77. The van der Waals surface area contributed by atoms with Gasteiger partial charge in [-0.05, 0) is 25.2 Å². The highest BCUT2D eigenvalue weighted by molar-refractivity contribution is 5.25. The van der Waals surface area contributed by atoms with Crippen molar-refractivity contribution in [2.24, 2.45) is 0 Å². The molecule has 0 aromatic heterocycles. The molecule has 0 amide bonds. The molecule has 2 nitrogen and oxygen atoms in total. The maximum atomic E-state index is 8.53. The summed E-state index contributed by atoms with van der Waals surface area (Å²) in [6.45, 7) is 0.930. The zero-order chi connectivity index (χ0) is 9.68. The molecule has 1 aromatic carbocycles. The first-order valence-corrected chi connectivity index (χ1v) is 4.32. The molecule has 0 unspecified atom stereocenters. The molecule has 1 aromatic rings. The molecule has 0 saturated carbocycles. The number of nitriles is 1. The van der Waals surface area contributed by atoms with E-state index in [4.69, 9.17) is 5.26 Å². The highest BCUT2D eigenvalue weighted by Crippen LogP contribution is 2.07. The quantitative estimate of drug-likeness (QED) is 0.698.